The van der Waals surface area contributed by atoms with E-state index in [1.807, 2.05) is 0 Å². The van der Waals surface area contributed by atoms with E-state index >= 15 is 0 Å². The van der Waals surface area contributed by atoms with Crippen LogP contribution in [0.25, 0.3) is 0 Å². The van der Waals surface area contributed by atoms with E-state index in [1.165, 1.54) is 27.4 Å². The van der Waals surface area contributed by atoms with Gasteiger partial charge in [-0.25, -0.2) is 10.3 Å². The maximum absolute atomic E-state index is 12.6. The molecule has 0 bridgehead atoms. The predicted molar refractivity (Wildman–Crippen MR) is 104 cm³/mol. The zero-order valence-electron chi connectivity index (χ0n) is 16.2. The van der Waals surface area contributed by atoms with Crippen LogP contribution in [0, 0.1) is 0 Å². The Hall–Kier alpha value is -3.59. The highest BCUT2D eigenvalue weighted by Gasteiger charge is 2.39. The van der Waals surface area contributed by atoms with Gasteiger partial charge in [0.1, 0.15) is 11.8 Å². The molecule has 0 saturated carbocycles. The molecule has 2 N–H and O–H groups in total. The number of amides is 3. The number of hydrogen-bond donors (Lipinski definition) is 2. The highest BCUT2D eigenvalue weighted by Crippen LogP contribution is 2.28. The van der Waals surface area contributed by atoms with Gasteiger partial charge in [-0.3, -0.25) is 19.8 Å². The highest BCUT2D eigenvalue weighted by atomic mass is 16.5. The Morgan fingerprint density at radius 1 is 0.966 bits per heavy atom. The Kier molecular flexibility index (Phi) is 5.99. The number of methoxy groups -OCH3 is 3. The van der Waals surface area contributed by atoms with Crippen molar-refractivity contribution >= 4 is 23.4 Å². The number of nitrogens with zero attached hydrogens (tertiary/aromatic N) is 1. The standard InChI is InChI=1S/C20H21N3O6/c1-27-14-7-5-13(6-8-14)23-18(24)11-15(20(23)26)21-22-19(25)12-4-9-16(28-2)17(10-12)29-3/h4-10,15,21H,11H2,1-3H3,(H,22,25)/t15-/m0/s1. The topological polar surface area (TPSA) is 106 Å². The third-order valence-electron chi connectivity index (χ3n) is 4.48. The zero-order chi connectivity index (χ0) is 21.0. The predicted octanol–water partition coefficient (Wildman–Crippen LogP) is 1.28. The number of nitrogens with one attached hydrogen (secondary N) is 2. The van der Waals surface area contributed by atoms with Crippen molar-refractivity contribution in [1.82, 2.24) is 10.9 Å². The molecule has 1 aliphatic heterocycles. The SMILES string of the molecule is COc1ccc(N2C(=O)C[C@H](NNC(=O)c3ccc(OC)c(OC)c3)C2=O)cc1. The quantitative estimate of drug-likeness (QED) is 0.534. The number of rotatable bonds is 7. The lowest BCUT2D eigenvalue weighted by Crippen LogP contribution is -2.48. The molecule has 3 amide bonds. The molecule has 1 atom stereocenters. The monoisotopic (exact) mass is 399 g/mol. The minimum Gasteiger partial charge on any atom is -0.497 e. The van der Waals surface area contributed by atoms with Crippen molar-refractivity contribution in [3.63, 3.8) is 0 Å². The van der Waals surface area contributed by atoms with Gasteiger partial charge in [-0.1, -0.05) is 0 Å². The zero-order valence-corrected chi connectivity index (χ0v) is 16.2. The molecule has 0 aliphatic carbocycles. The molecule has 9 heteroatoms. The fourth-order valence-corrected chi connectivity index (χ4v) is 2.95. The average Bonchev–Trinajstić information content (AvgIpc) is 3.04. The molecule has 0 aromatic heterocycles. The summed E-state index contributed by atoms with van der Waals surface area (Å²) < 4.78 is 15.4. The second kappa shape index (κ2) is 8.61. The van der Waals surface area contributed by atoms with Crippen LogP contribution in [-0.4, -0.2) is 45.1 Å². The summed E-state index contributed by atoms with van der Waals surface area (Å²) in [5.74, 6) is 0.214. The van der Waals surface area contributed by atoms with E-state index < -0.39 is 17.9 Å². The van der Waals surface area contributed by atoms with E-state index in [9.17, 15) is 14.4 Å². The Morgan fingerprint density at radius 2 is 1.66 bits per heavy atom. The van der Waals surface area contributed by atoms with Gasteiger partial charge < -0.3 is 14.2 Å². The summed E-state index contributed by atoms with van der Waals surface area (Å²) in [6.45, 7) is 0. The highest BCUT2D eigenvalue weighted by molar-refractivity contribution is 6.22. The van der Waals surface area contributed by atoms with Crippen molar-refractivity contribution in [2.24, 2.45) is 0 Å². The summed E-state index contributed by atoms with van der Waals surface area (Å²) in [6, 6.07) is 10.4. The molecule has 1 heterocycles. The van der Waals surface area contributed by atoms with Gasteiger partial charge >= 0.3 is 0 Å². The maximum Gasteiger partial charge on any atom is 0.265 e. The Labute approximate surface area is 167 Å². The van der Waals surface area contributed by atoms with Crippen molar-refractivity contribution in [2.45, 2.75) is 12.5 Å². The first-order valence-electron chi connectivity index (χ1n) is 8.77. The maximum atomic E-state index is 12.6. The van der Waals surface area contributed by atoms with Crippen molar-refractivity contribution in [3.8, 4) is 17.2 Å². The fraction of sp³-hybridized carbons (Fsp3) is 0.250. The molecule has 2 aromatic carbocycles. The van der Waals surface area contributed by atoms with E-state index in [4.69, 9.17) is 14.2 Å². The van der Waals surface area contributed by atoms with Gasteiger partial charge in [0.2, 0.25) is 5.91 Å². The summed E-state index contributed by atoms with van der Waals surface area (Å²) in [7, 11) is 4.49. The van der Waals surface area contributed by atoms with E-state index in [1.54, 1.807) is 36.4 Å². The van der Waals surface area contributed by atoms with E-state index in [0.29, 0.717) is 28.5 Å². The summed E-state index contributed by atoms with van der Waals surface area (Å²) in [6.07, 6.45) is -0.0723. The van der Waals surface area contributed by atoms with Crippen LogP contribution in [0.3, 0.4) is 0 Å². The second-order valence-electron chi connectivity index (χ2n) is 6.19. The van der Waals surface area contributed by atoms with Gasteiger partial charge in [0, 0.05) is 5.56 Å². The number of benzene rings is 2. The van der Waals surface area contributed by atoms with Crippen LogP contribution >= 0.6 is 0 Å². The molecule has 0 spiro atoms. The first kappa shape index (κ1) is 20.2. The van der Waals surface area contributed by atoms with Gasteiger partial charge in [0.15, 0.2) is 11.5 Å². The molecule has 1 fully saturated rings. The van der Waals surface area contributed by atoms with Gasteiger partial charge in [-0.05, 0) is 42.5 Å². The van der Waals surface area contributed by atoms with Crippen molar-refractivity contribution in [2.75, 3.05) is 26.2 Å². The lowest BCUT2D eigenvalue weighted by molar-refractivity contribution is -0.121. The summed E-state index contributed by atoms with van der Waals surface area (Å²) in [5, 5.41) is 0. The number of hydrogen-bond acceptors (Lipinski definition) is 7. The van der Waals surface area contributed by atoms with E-state index in [-0.39, 0.29) is 12.3 Å². The molecule has 152 valence electrons. The van der Waals surface area contributed by atoms with Gasteiger partial charge in [-0.15, -0.1) is 0 Å². The van der Waals surface area contributed by atoms with Crippen molar-refractivity contribution < 1.29 is 28.6 Å². The molecule has 1 aliphatic rings. The average molecular weight is 399 g/mol. The number of ether oxygens (including phenoxy) is 3. The third-order valence-corrected chi connectivity index (χ3v) is 4.48. The smallest absolute Gasteiger partial charge is 0.265 e. The Bertz CT molecular complexity index is 928. The number of carbonyl (C=O) groups is 3. The van der Waals surface area contributed by atoms with Crippen LogP contribution in [0.4, 0.5) is 5.69 Å². The number of anilines is 1. The Morgan fingerprint density at radius 3 is 2.28 bits per heavy atom. The van der Waals surface area contributed by atoms with Gasteiger partial charge in [-0.2, -0.15) is 0 Å². The minimum absolute atomic E-state index is 0.0723. The lowest BCUT2D eigenvalue weighted by Gasteiger charge is -2.16. The van der Waals surface area contributed by atoms with Crippen LogP contribution in [0.5, 0.6) is 17.2 Å². The molecule has 0 radical (unpaired) electrons. The molecular formula is C20H21N3O6. The first-order valence-corrected chi connectivity index (χ1v) is 8.77. The fourth-order valence-electron chi connectivity index (χ4n) is 2.95. The van der Waals surface area contributed by atoms with Crippen molar-refractivity contribution in [3.05, 3.63) is 48.0 Å². The Balaban J connectivity index is 1.66. The van der Waals surface area contributed by atoms with Gasteiger partial charge in [0.05, 0.1) is 33.4 Å². The first-order chi connectivity index (χ1) is 14.0. The molecule has 9 nitrogen and oxygen atoms in total. The molecule has 1 saturated heterocycles. The van der Waals surface area contributed by atoms with E-state index in [0.717, 1.165) is 4.90 Å². The third kappa shape index (κ3) is 4.14. The molecule has 3 rings (SSSR count). The van der Waals surface area contributed by atoms with E-state index in [2.05, 4.69) is 10.9 Å². The lowest BCUT2D eigenvalue weighted by atomic mass is 10.2. The van der Waals surface area contributed by atoms with Crippen molar-refractivity contribution in [1.29, 1.82) is 0 Å². The molecule has 0 unspecified atom stereocenters. The normalized spacial score (nSPS) is 16.0. The number of carbonyl (C=O) groups excluding carboxylic acids is 3. The summed E-state index contributed by atoms with van der Waals surface area (Å²) >= 11 is 0. The molecule has 2 aromatic rings. The van der Waals surface area contributed by atoms with Crippen LogP contribution in [0.15, 0.2) is 42.5 Å². The number of hydrazine groups is 1. The van der Waals surface area contributed by atoms with Crippen LogP contribution < -0.4 is 30.0 Å². The summed E-state index contributed by atoms with van der Waals surface area (Å²) in [5.41, 5.74) is 5.85. The molecule has 29 heavy (non-hydrogen) atoms. The van der Waals surface area contributed by atoms with Crippen LogP contribution in [0.1, 0.15) is 16.8 Å². The second-order valence-corrected chi connectivity index (χ2v) is 6.19. The van der Waals surface area contributed by atoms with Gasteiger partial charge in [0.25, 0.3) is 11.8 Å². The largest absolute Gasteiger partial charge is 0.497 e. The van der Waals surface area contributed by atoms with Crippen LogP contribution in [0.2, 0.25) is 0 Å². The molecular weight excluding hydrogens is 378 g/mol. The van der Waals surface area contributed by atoms with Crippen LogP contribution in [-0.2, 0) is 9.59 Å². The minimum atomic E-state index is -0.867. The number of imide groups is 1. The summed E-state index contributed by atoms with van der Waals surface area (Å²) in [4.78, 5) is 38.4.